The first-order valence-electron chi connectivity index (χ1n) is 6.17. The van der Waals surface area contributed by atoms with E-state index in [1.165, 1.54) is 11.5 Å². The van der Waals surface area contributed by atoms with Gasteiger partial charge >= 0.3 is 0 Å². The predicted molar refractivity (Wildman–Crippen MR) is 81.1 cm³/mol. The average molecular weight is 325 g/mol. The van der Waals surface area contributed by atoms with Crippen molar-refractivity contribution in [3.8, 4) is 0 Å². The normalized spacial score (nSPS) is 10.2. The van der Waals surface area contributed by atoms with Crippen molar-refractivity contribution in [1.29, 1.82) is 0 Å². The highest BCUT2D eigenvalue weighted by atomic mass is 35.5. The van der Waals surface area contributed by atoms with Crippen LogP contribution < -0.4 is 10.8 Å². The molecule has 7 heteroatoms. The largest absolute Gasteiger partial charge is 0.351 e. The predicted octanol–water partition coefficient (Wildman–Crippen LogP) is 2.49. The monoisotopic (exact) mass is 324 g/mol. The molecule has 0 unspecified atom stereocenters. The third kappa shape index (κ3) is 4.29. The Bertz CT molecular complexity index is 657. The summed E-state index contributed by atoms with van der Waals surface area (Å²) in [5.41, 5.74) is 2.57. The first kappa shape index (κ1) is 15.5. The minimum Gasteiger partial charge on any atom is -0.351 e. The third-order valence-corrected chi connectivity index (χ3v) is 4.06. The molecule has 110 valence electrons. The Labute approximate surface area is 130 Å². The molecule has 0 saturated heterocycles. The molecule has 2 rings (SSSR count). The van der Waals surface area contributed by atoms with Gasteiger partial charge in [-0.2, -0.15) is 0 Å². The fourth-order valence-corrected chi connectivity index (χ4v) is 2.76. The zero-order chi connectivity index (χ0) is 15.2. The molecule has 0 aliphatic carbocycles. The number of carbonyl (C=O) groups is 2. The van der Waals surface area contributed by atoms with Gasteiger partial charge in [-0.1, -0.05) is 23.7 Å². The molecule has 0 spiro atoms. The second-order valence-electron chi connectivity index (χ2n) is 4.24. The molecule has 0 fully saturated rings. The maximum Gasteiger partial charge on any atom is 0.284 e. The molecule has 21 heavy (non-hydrogen) atoms. The summed E-state index contributed by atoms with van der Waals surface area (Å²) in [6, 6.07) is 10.5. The van der Waals surface area contributed by atoms with Gasteiger partial charge in [-0.25, -0.2) is 5.48 Å². The van der Waals surface area contributed by atoms with Crippen molar-refractivity contribution >= 4 is 34.8 Å². The number of hydroxylamine groups is 1. The van der Waals surface area contributed by atoms with Crippen molar-refractivity contribution in [3.63, 3.8) is 0 Å². The Morgan fingerprint density at radius 3 is 2.52 bits per heavy atom. The van der Waals surface area contributed by atoms with E-state index in [4.69, 9.17) is 16.8 Å². The molecule has 0 saturated carbocycles. The Morgan fingerprint density at radius 2 is 1.86 bits per heavy atom. The van der Waals surface area contributed by atoms with Crippen molar-refractivity contribution in [2.45, 2.75) is 6.42 Å². The van der Waals surface area contributed by atoms with E-state index in [1.54, 1.807) is 12.1 Å². The van der Waals surface area contributed by atoms with E-state index >= 15 is 0 Å². The lowest BCUT2D eigenvalue weighted by Crippen LogP contribution is -2.24. The first-order valence-corrected chi connectivity index (χ1v) is 7.36. The van der Waals surface area contributed by atoms with Crippen LogP contribution in [0.2, 0.25) is 5.02 Å². The highest BCUT2D eigenvalue weighted by molar-refractivity contribution is 7.15. The van der Waals surface area contributed by atoms with Gasteiger partial charge in [0.05, 0.1) is 9.75 Å². The zero-order valence-corrected chi connectivity index (χ0v) is 12.5. The van der Waals surface area contributed by atoms with Crippen molar-refractivity contribution in [1.82, 2.24) is 10.8 Å². The molecule has 1 aromatic heterocycles. The van der Waals surface area contributed by atoms with Crippen LogP contribution in [0.5, 0.6) is 0 Å². The number of amides is 2. The Hall–Kier alpha value is -1.89. The van der Waals surface area contributed by atoms with Gasteiger partial charge in [-0.3, -0.25) is 14.8 Å². The summed E-state index contributed by atoms with van der Waals surface area (Å²) >= 11 is 6.90. The topological polar surface area (TPSA) is 78.4 Å². The van der Waals surface area contributed by atoms with E-state index in [0.29, 0.717) is 22.9 Å². The highest BCUT2D eigenvalue weighted by Crippen LogP contribution is 2.16. The summed E-state index contributed by atoms with van der Waals surface area (Å²) in [6.07, 6.45) is 0.668. The Kier molecular flexibility index (Phi) is 5.32. The lowest BCUT2D eigenvalue weighted by atomic mass is 10.1. The van der Waals surface area contributed by atoms with Crippen LogP contribution in [-0.2, 0) is 6.42 Å². The van der Waals surface area contributed by atoms with Gasteiger partial charge in [-0.15, -0.1) is 11.3 Å². The first-order chi connectivity index (χ1) is 10.1. The molecule has 0 radical (unpaired) electrons. The van der Waals surface area contributed by atoms with Gasteiger partial charge in [0.1, 0.15) is 0 Å². The Morgan fingerprint density at radius 1 is 1.14 bits per heavy atom. The number of benzene rings is 1. The minimum absolute atomic E-state index is 0.251. The molecule has 1 aromatic carbocycles. The second kappa shape index (κ2) is 7.21. The van der Waals surface area contributed by atoms with Crippen LogP contribution in [0.25, 0.3) is 0 Å². The molecule has 2 amide bonds. The van der Waals surface area contributed by atoms with Crippen molar-refractivity contribution in [2.75, 3.05) is 6.54 Å². The lowest BCUT2D eigenvalue weighted by Gasteiger charge is -2.04. The quantitative estimate of drug-likeness (QED) is 0.584. The summed E-state index contributed by atoms with van der Waals surface area (Å²) in [5.74, 6) is -0.878. The van der Waals surface area contributed by atoms with Crippen LogP contribution in [0, 0.1) is 0 Å². The molecule has 0 atom stereocenters. The van der Waals surface area contributed by atoms with E-state index in [1.807, 2.05) is 18.2 Å². The van der Waals surface area contributed by atoms with Crippen LogP contribution in [0.4, 0.5) is 0 Å². The highest BCUT2D eigenvalue weighted by Gasteiger charge is 2.12. The van der Waals surface area contributed by atoms with E-state index in [0.717, 1.165) is 16.9 Å². The van der Waals surface area contributed by atoms with Crippen molar-refractivity contribution in [2.24, 2.45) is 0 Å². The molecular weight excluding hydrogens is 312 g/mol. The molecule has 5 nitrogen and oxygen atoms in total. The van der Waals surface area contributed by atoms with Gasteiger partial charge in [0, 0.05) is 11.6 Å². The number of nitrogens with one attached hydrogen (secondary N) is 2. The summed E-state index contributed by atoms with van der Waals surface area (Å²) < 4.78 is 0. The van der Waals surface area contributed by atoms with Crippen LogP contribution in [0.15, 0.2) is 36.4 Å². The molecule has 1 heterocycles. The number of rotatable bonds is 5. The molecule has 0 bridgehead atoms. The number of halogens is 1. The van der Waals surface area contributed by atoms with E-state index in [2.05, 4.69) is 5.32 Å². The van der Waals surface area contributed by atoms with Crippen LogP contribution in [-0.4, -0.2) is 23.6 Å². The van der Waals surface area contributed by atoms with Gasteiger partial charge in [-0.05, 0) is 36.2 Å². The average Bonchev–Trinajstić information content (AvgIpc) is 2.96. The van der Waals surface area contributed by atoms with Crippen LogP contribution >= 0.6 is 22.9 Å². The van der Waals surface area contributed by atoms with Crippen LogP contribution in [0.3, 0.4) is 0 Å². The number of thiophene rings is 1. The Balaban J connectivity index is 1.87. The SMILES string of the molecule is O=C(NO)c1ccc(C(=O)NCCc2cccc(Cl)c2)s1. The van der Waals surface area contributed by atoms with Crippen molar-refractivity contribution in [3.05, 3.63) is 56.7 Å². The summed E-state index contributed by atoms with van der Waals surface area (Å²) in [4.78, 5) is 23.8. The van der Waals surface area contributed by atoms with Crippen LogP contribution in [0.1, 0.15) is 24.9 Å². The van der Waals surface area contributed by atoms with E-state index in [-0.39, 0.29) is 10.8 Å². The molecule has 3 N–H and O–H groups in total. The molecular formula is C14H13ClN2O3S. The van der Waals surface area contributed by atoms with Gasteiger partial charge < -0.3 is 5.32 Å². The maximum atomic E-state index is 11.9. The molecule has 2 aromatic rings. The summed E-state index contributed by atoms with van der Waals surface area (Å²) in [6.45, 7) is 0.471. The van der Waals surface area contributed by atoms with E-state index < -0.39 is 5.91 Å². The molecule has 0 aliphatic rings. The third-order valence-electron chi connectivity index (χ3n) is 2.74. The van der Waals surface area contributed by atoms with Gasteiger partial charge in [0.15, 0.2) is 0 Å². The second-order valence-corrected chi connectivity index (χ2v) is 5.76. The van der Waals surface area contributed by atoms with Gasteiger partial charge in [0.25, 0.3) is 11.8 Å². The summed E-state index contributed by atoms with van der Waals surface area (Å²) in [5, 5.41) is 12.0. The number of carbonyl (C=O) groups excluding carboxylic acids is 2. The summed E-state index contributed by atoms with van der Waals surface area (Å²) in [7, 11) is 0. The minimum atomic E-state index is -0.627. The smallest absolute Gasteiger partial charge is 0.284 e. The molecule has 0 aliphatic heterocycles. The number of hydrogen-bond acceptors (Lipinski definition) is 4. The number of hydrogen-bond donors (Lipinski definition) is 3. The standard InChI is InChI=1S/C14H13ClN2O3S/c15-10-3-1-2-9(8-10)6-7-16-13(18)11-4-5-12(21-11)14(19)17-20/h1-5,8,20H,6-7H2,(H,16,18)(H,17,19). The van der Waals surface area contributed by atoms with E-state index in [9.17, 15) is 9.59 Å². The van der Waals surface area contributed by atoms with Crippen molar-refractivity contribution < 1.29 is 14.8 Å². The zero-order valence-electron chi connectivity index (χ0n) is 10.9. The fraction of sp³-hybridized carbons (Fsp3) is 0.143. The maximum absolute atomic E-state index is 11.9. The fourth-order valence-electron chi connectivity index (χ4n) is 1.74. The lowest BCUT2D eigenvalue weighted by molar-refractivity contribution is 0.0711. The van der Waals surface area contributed by atoms with Gasteiger partial charge in [0.2, 0.25) is 0 Å².